The first-order chi connectivity index (χ1) is 9.20. The van der Waals surface area contributed by atoms with Crippen LogP contribution in [-0.4, -0.2) is 9.55 Å². The van der Waals surface area contributed by atoms with Gasteiger partial charge in [0.25, 0.3) is 0 Å². The Hall–Kier alpha value is -1.81. The Balaban J connectivity index is 2.13. The maximum absolute atomic E-state index is 6.09. The molecule has 1 aromatic carbocycles. The summed E-state index contributed by atoms with van der Waals surface area (Å²) in [6.07, 6.45) is 1.06. The van der Waals surface area contributed by atoms with Crippen LogP contribution in [0.1, 0.15) is 22.9 Å². The molecule has 98 valence electrons. The fraction of sp³-hybridized carbons (Fsp3) is 0.267. The highest BCUT2D eigenvalue weighted by molar-refractivity contribution is 7.10. The number of hydrogen-bond acceptors (Lipinski definition) is 3. The highest BCUT2D eigenvalue weighted by Crippen LogP contribution is 2.25. The number of imidazole rings is 1. The normalized spacial score (nSPS) is 11.3. The van der Waals surface area contributed by atoms with E-state index in [-0.39, 0.29) is 0 Å². The van der Waals surface area contributed by atoms with Gasteiger partial charge < -0.3 is 10.3 Å². The highest BCUT2D eigenvalue weighted by Gasteiger charge is 2.12. The molecule has 3 nitrogen and oxygen atoms in total. The van der Waals surface area contributed by atoms with Crippen LogP contribution < -0.4 is 5.73 Å². The van der Waals surface area contributed by atoms with Crippen LogP contribution >= 0.6 is 11.3 Å². The number of fused-ring (bicyclic) bond motifs is 1. The Morgan fingerprint density at radius 2 is 2.16 bits per heavy atom. The van der Waals surface area contributed by atoms with Crippen LogP contribution in [0.2, 0.25) is 0 Å². The lowest BCUT2D eigenvalue weighted by molar-refractivity contribution is 0.839. The summed E-state index contributed by atoms with van der Waals surface area (Å²) >= 11 is 1.79. The summed E-state index contributed by atoms with van der Waals surface area (Å²) in [4.78, 5) is 5.83. The van der Waals surface area contributed by atoms with E-state index in [1.165, 1.54) is 16.0 Å². The van der Waals surface area contributed by atoms with Crippen molar-refractivity contribution in [1.82, 2.24) is 9.55 Å². The summed E-state index contributed by atoms with van der Waals surface area (Å²) in [6, 6.07) is 8.35. The van der Waals surface area contributed by atoms with Crippen LogP contribution in [-0.2, 0) is 13.0 Å². The molecule has 0 aliphatic heterocycles. The number of benzene rings is 1. The number of aryl methyl sites for hydroxylation is 2. The minimum Gasteiger partial charge on any atom is -0.369 e. The number of rotatable bonds is 3. The van der Waals surface area contributed by atoms with Gasteiger partial charge in [0.15, 0.2) is 0 Å². The fourth-order valence-corrected chi connectivity index (χ4v) is 3.47. The zero-order chi connectivity index (χ0) is 13.4. The second-order valence-electron chi connectivity index (χ2n) is 4.72. The van der Waals surface area contributed by atoms with E-state index in [4.69, 9.17) is 5.73 Å². The van der Waals surface area contributed by atoms with Crippen LogP contribution in [0.15, 0.2) is 29.6 Å². The molecular formula is C15H17N3S. The number of para-hydroxylation sites is 1. The first-order valence-electron chi connectivity index (χ1n) is 6.47. The SMILES string of the molecule is CCc1ccsc1Cn1c(N)nc2cccc(C)c21. The van der Waals surface area contributed by atoms with Crippen molar-refractivity contribution in [2.75, 3.05) is 5.73 Å². The Bertz CT molecular complexity index is 724. The molecule has 0 saturated heterocycles. The second kappa shape index (κ2) is 4.70. The minimum atomic E-state index is 0.597. The van der Waals surface area contributed by atoms with Crippen molar-refractivity contribution in [2.45, 2.75) is 26.8 Å². The topological polar surface area (TPSA) is 43.8 Å². The van der Waals surface area contributed by atoms with Crippen LogP contribution in [0.4, 0.5) is 5.95 Å². The van der Waals surface area contributed by atoms with E-state index in [0.29, 0.717) is 5.95 Å². The Kier molecular flexibility index (Phi) is 3.03. The molecule has 19 heavy (non-hydrogen) atoms. The van der Waals surface area contributed by atoms with E-state index in [9.17, 15) is 0 Å². The number of aromatic nitrogens is 2. The first kappa shape index (κ1) is 12.2. The van der Waals surface area contributed by atoms with Gasteiger partial charge in [-0.2, -0.15) is 0 Å². The number of hydrogen-bond donors (Lipinski definition) is 1. The number of nitrogens with zero attached hydrogens (tertiary/aromatic N) is 2. The highest BCUT2D eigenvalue weighted by atomic mass is 32.1. The number of nitrogens with two attached hydrogens (primary N) is 1. The Morgan fingerprint density at radius 3 is 2.95 bits per heavy atom. The van der Waals surface area contributed by atoms with Crippen molar-refractivity contribution in [3.05, 3.63) is 45.6 Å². The van der Waals surface area contributed by atoms with E-state index in [0.717, 1.165) is 24.0 Å². The van der Waals surface area contributed by atoms with Crippen LogP contribution in [0, 0.1) is 6.92 Å². The lowest BCUT2D eigenvalue weighted by Crippen LogP contribution is -2.05. The molecule has 0 unspecified atom stereocenters. The molecule has 3 aromatic rings. The summed E-state index contributed by atoms with van der Waals surface area (Å²) in [5, 5.41) is 2.15. The van der Waals surface area contributed by atoms with Gasteiger partial charge in [0.1, 0.15) is 0 Å². The van der Waals surface area contributed by atoms with E-state index >= 15 is 0 Å². The predicted molar refractivity (Wildman–Crippen MR) is 81.7 cm³/mol. The van der Waals surface area contributed by atoms with Gasteiger partial charge in [0, 0.05) is 4.88 Å². The molecule has 3 rings (SSSR count). The van der Waals surface area contributed by atoms with Crippen molar-refractivity contribution in [2.24, 2.45) is 0 Å². The van der Waals surface area contributed by atoms with Crippen molar-refractivity contribution in [3.8, 4) is 0 Å². The molecule has 4 heteroatoms. The molecule has 0 saturated carbocycles. The summed E-state index contributed by atoms with van der Waals surface area (Å²) in [5.74, 6) is 0.597. The van der Waals surface area contributed by atoms with Gasteiger partial charge in [0.2, 0.25) is 5.95 Å². The largest absolute Gasteiger partial charge is 0.369 e. The maximum Gasteiger partial charge on any atom is 0.201 e. The molecule has 0 bridgehead atoms. The van der Waals surface area contributed by atoms with E-state index < -0.39 is 0 Å². The number of anilines is 1. The summed E-state index contributed by atoms with van der Waals surface area (Å²) in [7, 11) is 0. The smallest absolute Gasteiger partial charge is 0.201 e. The maximum atomic E-state index is 6.09. The molecule has 0 aliphatic rings. The Labute approximate surface area is 116 Å². The molecule has 2 N–H and O–H groups in total. The first-order valence-corrected chi connectivity index (χ1v) is 7.35. The minimum absolute atomic E-state index is 0.597. The molecule has 0 fully saturated rings. The monoisotopic (exact) mass is 271 g/mol. The van der Waals surface area contributed by atoms with Gasteiger partial charge >= 0.3 is 0 Å². The average Bonchev–Trinajstić information content (AvgIpc) is 2.96. The summed E-state index contributed by atoms with van der Waals surface area (Å²) < 4.78 is 2.12. The summed E-state index contributed by atoms with van der Waals surface area (Å²) in [5.41, 5.74) is 10.8. The van der Waals surface area contributed by atoms with E-state index in [1.54, 1.807) is 11.3 Å². The lowest BCUT2D eigenvalue weighted by atomic mass is 10.2. The number of thiophene rings is 1. The van der Waals surface area contributed by atoms with Crippen LogP contribution in [0.25, 0.3) is 11.0 Å². The Morgan fingerprint density at radius 1 is 1.32 bits per heavy atom. The molecule has 0 aliphatic carbocycles. The van der Waals surface area contributed by atoms with Gasteiger partial charge in [-0.1, -0.05) is 19.1 Å². The van der Waals surface area contributed by atoms with Gasteiger partial charge in [-0.15, -0.1) is 11.3 Å². The molecular weight excluding hydrogens is 254 g/mol. The van der Waals surface area contributed by atoms with Crippen molar-refractivity contribution >= 4 is 28.3 Å². The fourth-order valence-electron chi connectivity index (χ4n) is 2.51. The lowest BCUT2D eigenvalue weighted by Gasteiger charge is -2.08. The molecule has 0 atom stereocenters. The van der Waals surface area contributed by atoms with E-state index in [2.05, 4.69) is 40.9 Å². The third-order valence-electron chi connectivity index (χ3n) is 3.52. The van der Waals surface area contributed by atoms with Gasteiger partial charge in [-0.3, -0.25) is 0 Å². The van der Waals surface area contributed by atoms with Gasteiger partial charge in [-0.25, -0.2) is 4.98 Å². The quantitative estimate of drug-likeness (QED) is 0.791. The third kappa shape index (κ3) is 2.02. The van der Waals surface area contributed by atoms with Crippen LogP contribution in [0.5, 0.6) is 0 Å². The van der Waals surface area contributed by atoms with Gasteiger partial charge in [-0.05, 0) is 42.0 Å². The van der Waals surface area contributed by atoms with Crippen LogP contribution in [0.3, 0.4) is 0 Å². The zero-order valence-corrected chi connectivity index (χ0v) is 12.0. The third-order valence-corrected chi connectivity index (χ3v) is 4.47. The van der Waals surface area contributed by atoms with Gasteiger partial charge in [0.05, 0.1) is 17.6 Å². The average molecular weight is 271 g/mol. The molecule has 0 amide bonds. The van der Waals surface area contributed by atoms with Crippen molar-refractivity contribution in [1.29, 1.82) is 0 Å². The standard InChI is InChI=1S/C15H17N3S/c1-3-11-7-8-19-13(11)9-18-14-10(2)5-4-6-12(14)17-15(18)16/h4-8H,3,9H2,1-2H3,(H2,16,17). The van der Waals surface area contributed by atoms with Crippen molar-refractivity contribution < 1.29 is 0 Å². The molecule has 0 spiro atoms. The predicted octanol–water partition coefficient (Wildman–Crippen LogP) is 3.60. The second-order valence-corrected chi connectivity index (χ2v) is 5.72. The number of nitrogen functional groups attached to an aromatic ring is 1. The van der Waals surface area contributed by atoms with E-state index in [1.807, 2.05) is 12.1 Å². The molecule has 0 radical (unpaired) electrons. The summed E-state index contributed by atoms with van der Waals surface area (Å²) in [6.45, 7) is 5.11. The zero-order valence-electron chi connectivity index (χ0n) is 11.2. The molecule has 2 aromatic heterocycles. The molecule has 2 heterocycles. The van der Waals surface area contributed by atoms with Crippen molar-refractivity contribution in [3.63, 3.8) is 0 Å².